The lowest BCUT2D eigenvalue weighted by molar-refractivity contribution is -0.130. The minimum Gasteiger partial charge on any atom is -0.404 e. The van der Waals surface area contributed by atoms with Crippen molar-refractivity contribution in [2.75, 3.05) is 13.2 Å². The van der Waals surface area contributed by atoms with E-state index in [0.29, 0.717) is 18.2 Å². The van der Waals surface area contributed by atoms with Gasteiger partial charge >= 0.3 is 5.97 Å². The summed E-state index contributed by atoms with van der Waals surface area (Å²) in [6, 6.07) is 3.84. The average Bonchev–Trinajstić information content (AvgIpc) is 2.87. The Labute approximate surface area is 97.2 Å². The summed E-state index contributed by atoms with van der Waals surface area (Å²) in [5.74, 6) is -0.0854. The van der Waals surface area contributed by atoms with Crippen LogP contribution in [0.4, 0.5) is 0 Å². The highest BCUT2D eigenvalue weighted by atomic mass is 32.1. The summed E-state index contributed by atoms with van der Waals surface area (Å²) in [6.45, 7) is 2.68. The highest BCUT2D eigenvalue weighted by Crippen LogP contribution is 2.18. The van der Waals surface area contributed by atoms with Gasteiger partial charge in [0.1, 0.15) is 6.61 Å². The number of esters is 1. The van der Waals surface area contributed by atoms with Gasteiger partial charge in [-0.2, -0.15) is 0 Å². The summed E-state index contributed by atoms with van der Waals surface area (Å²) in [5.41, 5.74) is 0.331. The van der Waals surface area contributed by atoms with E-state index in [-0.39, 0.29) is 6.61 Å². The van der Waals surface area contributed by atoms with Gasteiger partial charge in [0.25, 0.3) is 0 Å². The van der Waals surface area contributed by atoms with Crippen LogP contribution in [0, 0.1) is 0 Å². The third-order valence-corrected chi connectivity index (χ3v) is 2.74. The zero-order valence-corrected chi connectivity index (χ0v) is 9.62. The smallest absolute Gasteiger partial charge is 0.363 e. The van der Waals surface area contributed by atoms with Crippen molar-refractivity contribution in [1.82, 2.24) is 0 Å². The standard InChI is InChI=1S/C11H11NO3S/c1-2-14-7-10-12-9(11(13)15-10)6-8-4-3-5-16-8/h3-6H,2,7H2,1H3. The lowest BCUT2D eigenvalue weighted by atomic mass is 10.3. The largest absolute Gasteiger partial charge is 0.404 e. The molecule has 4 nitrogen and oxygen atoms in total. The summed E-state index contributed by atoms with van der Waals surface area (Å²) in [7, 11) is 0. The van der Waals surface area contributed by atoms with E-state index in [1.807, 2.05) is 24.4 Å². The molecule has 0 saturated carbocycles. The lowest BCUT2D eigenvalue weighted by Gasteiger charge is -1.97. The molecule has 84 valence electrons. The summed E-state index contributed by atoms with van der Waals surface area (Å²) in [6.07, 6.45) is 1.71. The molecule has 5 heteroatoms. The van der Waals surface area contributed by atoms with Gasteiger partial charge in [-0.25, -0.2) is 9.79 Å². The highest BCUT2D eigenvalue weighted by molar-refractivity contribution is 7.10. The predicted octanol–water partition coefficient (Wildman–Crippen LogP) is 2.08. The van der Waals surface area contributed by atoms with Crippen LogP contribution in [-0.4, -0.2) is 25.1 Å². The first kappa shape index (κ1) is 11.0. The maximum absolute atomic E-state index is 11.4. The van der Waals surface area contributed by atoms with Crippen LogP contribution in [0.5, 0.6) is 0 Å². The molecule has 0 aliphatic carbocycles. The first-order chi connectivity index (χ1) is 7.79. The fraction of sp³-hybridized carbons (Fsp3) is 0.273. The molecule has 1 aliphatic heterocycles. The van der Waals surface area contributed by atoms with Crippen molar-refractivity contribution in [2.45, 2.75) is 6.92 Å². The first-order valence-electron chi connectivity index (χ1n) is 4.92. The maximum atomic E-state index is 11.4. The molecule has 0 aromatic carbocycles. The minimum absolute atomic E-state index is 0.240. The van der Waals surface area contributed by atoms with Crippen LogP contribution in [0.1, 0.15) is 11.8 Å². The van der Waals surface area contributed by atoms with Crippen molar-refractivity contribution in [3.05, 3.63) is 28.1 Å². The van der Waals surface area contributed by atoms with Crippen LogP contribution < -0.4 is 0 Å². The Morgan fingerprint density at radius 1 is 1.62 bits per heavy atom. The zero-order valence-electron chi connectivity index (χ0n) is 8.80. The highest BCUT2D eigenvalue weighted by Gasteiger charge is 2.22. The average molecular weight is 237 g/mol. The van der Waals surface area contributed by atoms with Crippen LogP contribution in [-0.2, 0) is 14.3 Å². The number of hydrogen-bond acceptors (Lipinski definition) is 5. The number of thiophene rings is 1. The van der Waals surface area contributed by atoms with Crippen LogP contribution in [0.2, 0.25) is 0 Å². The van der Waals surface area contributed by atoms with E-state index in [2.05, 4.69) is 4.99 Å². The van der Waals surface area contributed by atoms with Gasteiger partial charge in [0.2, 0.25) is 5.90 Å². The van der Waals surface area contributed by atoms with Gasteiger partial charge in [-0.05, 0) is 24.4 Å². The SMILES string of the molecule is CCOCC1=NC(=Cc2cccs2)C(=O)O1. The molecule has 0 N–H and O–H groups in total. The Kier molecular flexibility index (Phi) is 3.48. The minimum atomic E-state index is -0.414. The number of hydrogen-bond donors (Lipinski definition) is 0. The molecule has 0 unspecified atom stereocenters. The molecule has 0 fully saturated rings. The van der Waals surface area contributed by atoms with Gasteiger partial charge < -0.3 is 9.47 Å². The van der Waals surface area contributed by atoms with Crippen LogP contribution >= 0.6 is 11.3 Å². The number of aliphatic imine (C=N–C) groups is 1. The van der Waals surface area contributed by atoms with E-state index in [1.54, 1.807) is 17.4 Å². The van der Waals surface area contributed by atoms with Crippen LogP contribution in [0.3, 0.4) is 0 Å². The Morgan fingerprint density at radius 3 is 3.19 bits per heavy atom. The molecular formula is C11H11NO3S. The number of carbonyl (C=O) groups is 1. The molecule has 0 atom stereocenters. The number of ether oxygens (including phenoxy) is 2. The Balaban J connectivity index is 2.10. The fourth-order valence-corrected chi connectivity index (χ4v) is 1.86. The monoisotopic (exact) mass is 237 g/mol. The van der Waals surface area contributed by atoms with Crippen LogP contribution in [0.15, 0.2) is 28.2 Å². The topological polar surface area (TPSA) is 47.9 Å². The van der Waals surface area contributed by atoms with E-state index < -0.39 is 5.97 Å². The normalized spacial score (nSPS) is 17.7. The van der Waals surface area contributed by atoms with Crippen molar-refractivity contribution in [3.8, 4) is 0 Å². The second-order valence-corrected chi connectivity index (χ2v) is 4.06. The van der Waals surface area contributed by atoms with Crippen molar-refractivity contribution in [1.29, 1.82) is 0 Å². The molecule has 1 aromatic rings. The Bertz CT molecular complexity index is 434. The fourth-order valence-electron chi connectivity index (χ4n) is 1.21. The van der Waals surface area contributed by atoms with Crippen molar-refractivity contribution in [3.63, 3.8) is 0 Å². The Morgan fingerprint density at radius 2 is 2.50 bits per heavy atom. The first-order valence-corrected chi connectivity index (χ1v) is 5.80. The molecule has 0 amide bonds. The summed E-state index contributed by atoms with van der Waals surface area (Å²) in [4.78, 5) is 16.5. The van der Waals surface area contributed by atoms with Crippen LogP contribution in [0.25, 0.3) is 6.08 Å². The van der Waals surface area contributed by atoms with E-state index in [1.165, 1.54) is 0 Å². The van der Waals surface area contributed by atoms with Crippen molar-refractivity contribution >= 4 is 29.3 Å². The molecule has 1 aromatic heterocycles. The number of rotatable bonds is 4. The predicted molar refractivity (Wildman–Crippen MR) is 62.3 cm³/mol. The number of cyclic esters (lactones) is 1. The third-order valence-electron chi connectivity index (χ3n) is 1.92. The van der Waals surface area contributed by atoms with Gasteiger partial charge in [0, 0.05) is 11.5 Å². The van der Waals surface area contributed by atoms with E-state index in [4.69, 9.17) is 9.47 Å². The molecular weight excluding hydrogens is 226 g/mol. The molecule has 1 aliphatic rings. The Hall–Kier alpha value is -1.46. The van der Waals surface area contributed by atoms with Gasteiger partial charge in [-0.1, -0.05) is 6.07 Å². The van der Waals surface area contributed by atoms with E-state index in [0.717, 1.165) is 4.88 Å². The molecule has 0 bridgehead atoms. The molecule has 16 heavy (non-hydrogen) atoms. The number of nitrogens with zero attached hydrogens (tertiary/aromatic N) is 1. The van der Waals surface area contributed by atoms with E-state index >= 15 is 0 Å². The quantitative estimate of drug-likeness (QED) is 0.595. The second-order valence-electron chi connectivity index (χ2n) is 3.08. The van der Waals surface area contributed by atoms with Crippen molar-refractivity contribution in [2.24, 2.45) is 4.99 Å². The summed E-state index contributed by atoms with van der Waals surface area (Å²) < 4.78 is 10.1. The zero-order chi connectivity index (χ0) is 11.4. The van der Waals surface area contributed by atoms with Gasteiger partial charge in [0.15, 0.2) is 5.70 Å². The molecule has 2 heterocycles. The summed E-state index contributed by atoms with van der Waals surface area (Å²) >= 11 is 1.55. The maximum Gasteiger partial charge on any atom is 0.363 e. The summed E-state index contributed by atoms with van der Waals surface area (Å²) in [5, 5.41) is 1.94. The second kappa shape index (κ2) is 5.05. The van der Waals surface area contributed by atoms with E-state index in [9.17, 15) is 4.79 Å². The van der Waals surface area contributed by atoms with Gasteiger partial charge in [-0.3, -0.25) is 0 Å². The van der Waals surface area contributed by atoms with Crippen molar-refractivity contribution < 1.29 is 14.3 Å². The third kappa shape index (κ3) is 2.56. The van der Waals surface area contributed by atoms with Gasteiger partial charge in [-0.15, -0.1) is 11.3 Å². The molecule has 0 spiro atoms. The number of carbonyl (C=O) groups excluding carboxylic acids is 1. The molecule has 0 saturated heterocycles. The van der Waals surface area contributed by atoms with Gasteiger partial charge in [0.05, 0.1) is 0 Å². The molecule has 0 radical (unpaired) electrons. The molecule has 2 rings (SSSR count). The lowest BCUT2D eigenvalue weighted by Crippen LogP contribution is -2.10.